The lowest BCUT2D eigenvalue weighted by Gasteiger charge is -2.05. The van der Waals surface area contributed by atoms with E-state index >= 15 is 0 Å². The molecule has 0 saturated carbocycles. The van der Waals surface area contributed by atoms with Crippen molar-refractivity contribution in [1.82, 2.24) is 5.32 Å². The lowest BCUT2D eigenvalue weighted by molar-refractivity contribution is 0.0958. The fourth-order valence-electron chi connectivity index (χ4n) is 2.62. The first-order valence-corrected chi connectivity index (χ1v) is 8.82. The van der Waals surface area contributed by atoms with Crippen molar-refractivity contribution in [3.05, 3.63) is 90.0 Å². The number of nitrogens with one attached hydrogen (secondary N) is 1. The molecule has 0 saturated heterocycles. The van der Waals surface area contributed by atoms with E-state index in [2.05, 4.69) is 17.2 Å². The number of hydrogen-bond donors (Lipinski definition) is 1. The number of para-hydroxylation sites is 1. The van der Waals surface area contributed by atoms with Crippen LogP contribution in [-0.4, -0.2) is 19.1 Å². The van der Waals surface area contributed by atoms with E-state index in [1.54, 1.807) is 0 Å². The predicted octanol–water partition coefficient (Wildman–Crippen LogP) is 4.47. The van der Waals surface area contributed by atoms with Crippen molar-refractivity contribution >= 4 is 5.91 Å². The summed E-state index contributed by atoms with van der Waals surface area (Å²) >= 11 is 0. The number of aryl methyl sites for hydroxylation is 1. The van der Waals surface area contributed by atoms with Crippen molar-refractivity contribution in [2.75, 3.05) is 13.2 Å². The number of amides is 1. The van der Waals surface area contributed by atoms with E-state index < -0.39 is 0 Å². The van der Waals surface area contributed by atoms with Gasteiger partial charge >= 0.3 is 0 Å². The predicted molar refractivity (Wildman–Crippen MR) is 109 cm³/mol. The van der Waals surface area contributed by atoms with E-state index in [9.17, 15) is 4.79 Å². The minimum Gasteiger partial charge on any atom is -0.481 e. The van der Waals surface area contributed by atoms with Crippen LogP contribution in [0.5, 0.6) is 5.75 Å². The van der Waals surface area contributed by atoms with Gasteiger partial charge in [0.15, 0.2) is 0 Å². The Labute approximate surface area is 160 Å². The smallest absolute Gasteiger partial charge is 0.252 e. The first-order chi connectivity index (χ1) is 13.2. The van der Waals surface area contributed by atoms with E-state index in [0.717, 1.165) is 22.4 Å². The Balaban J connectivity index is 1.46. The lowest BCUT2D eigenvalue weighted by Crippen LogP contribution is -2.23. The van der Waals surface area contributed by atoms with Crippen LogP contribution in [0.1, 0.15) is 15.9 Å². The van der Waals surface area contributed by atoms with Gasteiger partial charge < -0.3 is 10.1 Å². The molecule has 134 valence electrons. The van der Waals surface area contributed by atoms with E-state index in [0.29, 0.717) is 12.2 Å². The normalized spacial score (nSPS) is 9.81. The summed E-state index contributed by atoms with van der Waals surface area (Å²) in [7, 11) is 0. The van der Waals surface area contributed by atoms with Gasteiger partial charge in [0.05, 0.1) is 6.54 Å². The van der Waals surface area contributed by atoms with Gasteiger partial charge in [-0.25, -0.2) is 0 Å². The standard InChI is InChI=1S/C24H21NO2/c1-19-9-5-6-12-23(19)27-18-8-7-17-25-24(26)22-15-13-21(14-16-22)20-10-3-2-4-11-20/h2-6,9-16H,17-18H2,1H3,(H,25,26). The van der Waals surface area contributed by atoms with Gasteiger partial charge in [-0.15, -0.1) is 0 Å². The van der Waals surface area contributed by atoms with Gasteiger partial charge in [-0.2, -0.15) is 0 Å². The minimum absolute atomic E-state index is 0.135. The molecule has 0 unspecified atom stereocenters. The van der Waals surface area contributed by atoms with E-state index in [1.807, 2.05) is 85.8 Å². The minimum atomic E-state index is -0.135. The van der Waals surface area contributed by atoms with Crippen molar-refractivity contribution in [1.29, 1.82) is 0 Å². The lowest BCUT2D eigenvalue weighted by atomic mass is 10.0. The Morgan fingerprint density at radius 2 is 1.52 bits per heavy atom. The summed E-state index contributed by atoms with van der Waals surface area (Å²) in [5, 5.41) is 2.80. The number of carbonyl (C=O) groups is 1. The molecule has 0 radical (unpaired) electrons. The monoisotopic (exact) mass is 355 g/mol. The molecular weight excluding hydrogens is 334 g/mol. The Kier molecular flexibility index (Phi) is 6.27. The first kappa shape index (κ1) is 18.3. The zero-order valence-electron chi connectivity index (χ0n) is 15.2. The maximum absolute atomic E-state index is 12.2. The highest BCUT2D eigenvalue weighted by atomic mass is 16.5. The molecule has 0 fully saturated rings. The maximum atomic E-state index is 12.2. The molecule has 0 aliphatic heterocycles. The molecule has 3 aromatic rings. The van der Waals surface area contributed by atoms with Crippen LogP contribution in [0.3, 0.4) is 0 Å². The summed E-state index contributed by atoms with van der Waals surface area (Å²) in [6.07, 6.45) is 0. The van der Waals surface area contributed by atoms with E-state index in [4.69, 9.17) is 4.74 Å². The molecule has 0 atom stereocenters. The highest BCUT2D eigenvalue weighted by Gasteiger charge is 2.04. The van der Waals surface area contributed by atoms with Gasteiger partial charge in [0.1, 0.15) is 12.4 Å². The summed E-state index contributed by atoms with van der Waals surface area (Å²) in [5.41, 5.74) is 3.91. The number of ether oxygens (including phenoxy) is 1. The average molecular weight is 355 g/mol. The van der Waals surface area contributed by atoms with Crippen molar-refractivity contribution in [3.8, 4) is 28.7 Å². The molecule has 0 aromatic heterocycles. The summed E-state index contributed by atoms with van der Waals surface area (Å²) in [4.78, 5) is 12.2. The van der Waals surface area contributed by atoms with Crippen molar-refractivity contribution in [2.45, 2.75) is 6.92 Å². The van der Waals surface area contributed by atoms with Crippen LogP contribution in [0.25, 0.3) is 11.1 Å². The van der Waals surface area contributed by atoms with Crippen LogP contribution in [0.15, 0.2) is 78.9 Å². The molecule has 0 bridgehead atoms. The van der Waals surface area contributed by atoms with Crippen LogP contribution in [0.2, 0.25) is 0 Å². The second-order valence-electron chi connectivity index (χ2n) is 6.03. The Morgan fingerprint density at radius 3 is 2.26 bits per heavy atom. The summed E-state index contributed by atoms with van der Waals surface area (Å²) in [5.74, 6) is 6.51. The van der Waals surface area contributed by atoms with Gasteiger partial charge in [-0.1, -0.05) is 72.5 Å². The zero-order chi connectivity index (χ0) is 18.9. The molecule has 1 N–H and O–H groups in total. The molecule has 0 aliphatic rings. The van der Waals surface area contributed by atoms with Gasteiger partial charge in [0.25, 0.3) is 5.91 Å². The van der Waals surface area contributed by atoms with E-state index in [-0.39, 0.29) is 12.5 Å². The van der Waals surface area contributed by atoms with E-state index in [1.165, 1.54) is 0 Å². The van der Waals surface area contributed by atoms with Gasteiger partial charge in [-0.3, -0.25) is 4.79 Å². The fourth-order valence-corrected chi connectivity index (χ4v) is 2.62. The van der Waals surface area contributed by atoms with Gasteiger partial charge in [0.2, 0.25) is 0 Å². The second kappa shape index (κ2) is 9.26. The number of carbonyl (C=O) groups excluding carboxylic acids is 1. The Bertz CT molecular complexity index is 951. The Morgan fingerprint density at radius 1 is 0.852 bits per heavy atom. The molecular formula is C24H21NO2. The maximum Gasteiger partial charge on any atom is 0.252 e. The summed E-state index contributed by atoms with van der Waals surface area (Å²) in [6, 6.07) is 25.4. The molecule has 0 heterocycles. The second-order valence-corrected chi connectivity index (χ2v) is 6.03. The number of rotatable bonds is 5. The molecule has 3 aromatic carbocycles. The number of hydrogen-bond acceptors (Lipinski definition) is 2. The zero-order valence-corrected chi connectivity index (χ0v) is 15.2. The molecule has 0 aliphatic carbocycles. The summed E-state index contributed by atoms with van der Waals surface area (Å²) < 4.78 is 5.60. The van der Waals surface area contributed by atoms with Crippen LogP contribution in [0.4, 0.5) is 0 Å². The largest absolute Gasteiger partial charge is 0.481 e. The third kappa shape index (κ3) is 5.23. The summed E-state index contributed by atoms with van der Waals surface area (Å²) in [6.45, 7) is 2.58. The molecule has 3 rings (SSSR count). The topological polar surface area (TPSA) is 38.3 Å². The quantitative estimate of drug-likeness (QED) is 0.686. The Hall–Kier alpha value is -3.51. The SMILES string of the molecule is Cc1ccccc1OCC#CCNC(=O)c1ccc(-c2ccccc2)cc1. The van der Waals surface area contributed by atoms with Crippen molar-refractivity contribution in [2.24, 2.45) is 0 Å². The van der Waals surface area contributed by atoms with Crippen LogP contribution < -0.4 is 10.1 Å². The highest BCUT2D eigenvalue weighted by Crippen LogP contribution is 2.19. The number of benzene rings is 3. The fraction of sp³-hybridized carbons (Fsp3) is 0.125. The highest BCUT2D eigenvalue weighted by molar-refractivity contribution is 5.94. The molecule has 27 heavy (non-hydrogen) atoms. The van der Waals surface area contributed by atoms with Crippen LogP contribution in [0, 0.1) is 18.8 Å². The molecule has 3 nitrogen and oxygen atoms in total. The van der Waals surface area contributed by atoms with Gasteiger partial charge in [-0.05, 0) is 41.8 Å². The van der Waals surface area contributed by atoms with Crippen LogP contribution in [-0.2, 0) is 0 Å². The third-order valence-corrected chi connectivity index (χ3v) is 4.11. The molecule has 3 heteroatoms. The molecule has 1 amide bonds. The molecule has 0 spiro atoms. The average Bonchev–Trinajstić information content (AvgIpc) is 2.72. The van der Waals surface area contributed by atoms with Crippen molar-refractivity contribution < 1.29 is 9.53 Å². The van der Waals surface area contributed by atoms with Crippen molar-refractivity contribution in [3.63, 3.8) is 0 Å². The first-order valence-electron chi connectivity index (χ1n) is 8.82. The third-order valence-electron chi connectivity index (χ3n) is 4.11. The van der Waals surface area contributed by atoms with Crippen LogP contribution >= 0.6 is 0 Å². The van der Waals surface area contributed by atoms with Gasteiger partial charge in [0, 0.05) is 5.56 Å².